The number of benzene rings is 1. The van der Waals surface area contributed by atoms with Gasteiger partial charge in [0.05, 0.1) is 33.8 Å². The molecule has 1 aromatic carbocycles. The predicted molar refractivity (Wildman–Crippen MR) is 137 cm³/mol. The minimum Gasteiger partial charge on any atom is -0.365 e. The van der Waals surface area contributed by atoms with E-state index >= 15 is 0 Å². The van der Waals surface area contributed by atoms with E-state index in [-0.39, 0.29) is 58.1 Å². The summed E-state index contributed by atoms with van der Waals surface area (Å²) < 4.78 is 55.3. The molecule has 3 aromatic heterocycles. The first-order chi connectivity index (χ1) is 18.0. The molecule has 2 atom stereocenters. The van der Waals surface area contributed by atoms with Crippen LogP contribution in [-0.4, -0.2) is 39.8 Å². The second-order valence-electron chi connectivity index (χ2n) is 10.4. The third-order valence-electron chi connectivity index (χ3n) is 7.97. The van der Waals surface area contributed by atoms with E-state index in [1.165, 1.54) is 30.6 Å². The van der Waals surface area contributed by atoms with Gasteiger partial charge in [0.25, 0.3) is 0 Å². The maximum Gasteiger partial charge on any atom is 1.00 e. The van der Waals surface area contributed by atoms with E-state index in [9.17, 15) is 17.2 Å². The van der Waals surface area contributed by atoms with Crippen LogP contribution in [0, 0.1) is 17.0 Å². The van der Waals surface area contributed by atoms with Crippen LogP contribution in [0.2, 0.25) is 0 Å². The number of halogens is 2. The largest absolute Gasteiger partial charge is 1.00 e. The van der Waals surface area contributed by atoms with Crippen molar-refractivity contribution in [3.05, 3.63) is 88.2 Å². The van der Waals surface area contributed by atoms with Crippen LogP contribution in [0.4, 0.5) is 14.7 Å². The molecule has 0 unspecified atom stereocenters. The fourth-order valence-corrected chi connectivity index (χ4v) is 6.63. The summed E-state index contributed by atoms with van der Waals surface area (Å²) in [5.74, 6) is -1.38. The molecule has 2 aliphatic carbocycles. The van der Waals surface area contributed by atoms with Crippen molar-refractivity contribution in [1.82, 2.24) is 25.1 Å². The van der Waals surface area contributed by atoms with E-state index < -0.39 is 27.1 Å². The summed E-state index contributed by atoms with van der Waals surface area (Å²) in [4.78, 5) is 13.1. The van der Waals surface area contributed by atoms with Gasteiger partial charge in [-0.15, -0.1) is 5.10 Å². The molecule has 1 fully saturated rings. The summed E-state index contributed by atoms with van der Waals surface area (Å²) in [5.41, 5.74) is 2.93. The van der Waals surface area contributed by atoms with Crippen LogP contribution in [0.25, 0.3) is 27.2 Å². The molecule has 3 heterocycles. The topological polar surface area (TPSA) is 113 Å². The van der Waals surface area contributed by atoms with Gasteiger partial charge in [0.1, 0.15) is 11.6 Å². The van der Waals surface area contributed by atoms with Gasteiger partial charge in [-0.05, 0) is 72.5 Å². The van der Waals surface area contributed by atoms with Crippen LogP contribution in [0.1, 0.15) is 49.6 Å². The van der Waals surface area contributed by atoms with Crippen LogP contribution in [0.15, 0.2) is 54.9 Å². The number of hydrogen-bond acceptors (Lipinski definition) is 7. The summed E-state index contributed by atoms with van der Waals surface area (Å²) in [5, 5.41) is 8.85. The van der Waals surface area contributed by atoms with Gasteiger partial charge in [-0.25, -0.2) is 17.2 Å². The van der Waals surface area contributed by atoms with Gasteiger partial charge in [-0.3, -0.25) is 9.71 Å². The molecular weight excluding hydrogens is 533 g/mol. The van der Waals surface area contributed by atoms with Crippen molar-refractivity contribution in [2.75, 3.05) is 6.26 Å². The van der Waals surface area contributed by atoms with Gasteiger partial charge in [0, 0.05) is 17.8 Å². The van der Waals surface area contributed by atoms with Crippen molar-refractivity contribution in [3.63, 3.8) is 0 Å². The molecule has 0 aliphatic heterocycles. The fourth-order valence-electron chi connectivity index (χ4n) is 6.24. The Bertz CT molecular complexity index is 1680. The number of sulfonamides is 1. The monoisotopic (exact) mass is 556 g/mol. The number of nitrogens with zero attached hydrogens (tertiary/aromatic N) is 6. The Morgan fingerprint density at radius 1 is 0.974 bits per heavy atom. The zero-order valence-electron chi connectivity index (χ0n) is 21.9. The molecule has 0 radical (unpaired) electrons. The van der Waals surface area contributed by atoms with Crippen molar-refractivity contribution >= 4 is 16.0 Å². The average molecular weight is 557 g/mol. The van der Waals surface area contributed by atoms with Crippen molar-refractivity contribution in [2.45, 2.75) is 38.0 Å². The fraction of sp³-hybridized carbons (Fsp3) is 0.296. The van der Waals surface area contributed by atoms with Gasteiger partial charge in [-0.1, -0.05) is 26.0 Å². The summed E-state index contributed by atoms with van der Waals surface area (Å²) in [7, 11) is -3.62. The first-order valence-electron chi connectivity index (χ1n) is 12.1. The second-order valence-corrected chi connectivity index (χ2v) is 12.0. The third-order valence-corrected chi connectivity index (χ3v) is 8.46. The molecule has 8 nitrogen and oxygen atoms in total. The van der Waals surface area contributed by atoms with E-state index in [1.54, 1.807) is 6.07 Å². The first-order valence-corrected chi connectivity index (χ1v) is 13.9. The molecule has 0 saturated heterocycles. The number of pyridine rings is 1. The molecular formula is C27H23F2N6NaO2S. The van der Waals surface area contributed by atoms with E-state index in [1.807, 2.05) is 18.2 Å². The smallest absolute Gasteiger partial charge is 0.365 e. The first kappa shape index (κ1) is 27.7. The minimum atomic E-state index is -3.62. The molecule has 0 N–H and O–H groups in total. The zero-order valence-corrected chi connectivity index (χ0v) is 24.7. The van der Waals surface area contributed by atoms with Gasteiger partial charge in [-0.2, -0.15) is 5.10 Å². The van der Waals surface area contributed by atoms with Crippen molar-refractivity contribution in [1.29, 1.82) is 0 Å². The zero-order chi connectivity index (χ0) is 26.9. The Kier molecular flexibility index (Phi) is 6.85. The quantitative estimate of drug-likeness (QED) is 0.347. The Labute approximate surface area is 247 Å². The van der Waals surface area contributed by atoms with Crippen molar-refractivity contribution in [3.8, 4) is 22.5 Å². The molecule has 2 bridgehead atoms. The van der Waals surface area contributed by atoms with E-state index in [0.717, 1.165) is 36.0 Å². The SMILES string of the molecule is CC1(C)[C@H]2CC[C@]1(c1cccc(-c3cnc([N-]S(C)(=O)=O)nc3)n1)c1nnc(-c3c(F)cccc3F)cc12.[Na+]. The predicted octanol–water partition coefficient (Wildman–Crippen LogP) is 2.45. The summed E-state index contributed by atoms with van der Waals surface area (Å²) in [6, 6.07) is 11.2. The minimum absolute atomic E-state index is 0. The van der Waals surface area contributed by atoms with Crippen LogP contribution in [0.3, 0.4) is 0 Å². The van der Waals surface area contributed by atoms with E-state index in [4.69, 9.17) is 4.98 Å². The molecule has 6 rings (SSSR count). The number of fused-ring (bicyclic) bond motifs is 5. The van der Waals surface area contributed by atoms with Gasteiger partial charge >= 0.3 is 29.6 Å². The van der Waals surface area contributed by atoms with E-state index in [0.29, 0.717) is 11.3 Å². The van der Waals surface area contributed by atoms with Gasteiger partial charge < -0.3 is 9.97 Å². The van der Waals surface area contributed by atoms with Crippen molar-refractivity contribution < 1.29 is 46.8 Å². The summed E-state index contributed by atoms with van der Waals surface area (Å²) in [6.45, 7) is 4.35. The maximum atomic E-state index is 14.5. The molecule has 2 aliphatic rings. The number of hydrogen-bond donors (Lipinski definition) is 0. The van der Waals surface area contributed by atoms with Crippen LogP contribution < -0.4 is 29.6 Å². The molecule has 1 saturated carbocycles. The molecule has 0 spiro atoms. The van der Waals surface area contributed by atoms with Gasteiger partial charge in [0.15, 0.2) is 10.0 Å². The normalized spacial score (nSPS) is 20.8. The van der Waals surface area contributed by atoms with Crippen LogP contribution in [0.5, 0.6) is 0 Å². The Morgan fingerprint density at radius 3 is 2.31 bits per heavy atom. The molecule has 39 heavy (non-hydrogen) atoms. The van der Waals surface area contributed by atoms with Gasteiger partial charge in [0.2, 0.25) is 0 Å². The average Bonchev–Trinajstić information content (AvgIpc) is 3.24. The summed E-state index contributed by atoms with van der Waals surface area (Å²) >= 11 is 0. The van der Waals surface area contributed by atoms with Crippen LogP contribution >= 0.6 is 0 Å². The number of aromatic nitrogens is 5. The standard InChI is InChI=1S/C27H23F2N6O2S.Na/c1-26(2)17-10-11-27(26,24-16(17)12-21(33-34-24)23-18(28)6-4-7-19(23)29)22-9-5-8-20(32-22)15-13-30-25(31-14-15)35-38(3,36)37;/h4-9,12-14,17H,10-11H2,1-3H3;/q-1;+1/t17-,27-;/m0./s1. The Morgan fingerprint density at radius 2 is 1.64 bits per heavy atom. The second kappa shape index (κ2) is 9.65. The number of rotatable bonds is 5. The third kappa shape index (κ3) is 4.35. The molecule has 12 heteroatoms. The maximum absolute atomic E-state index is 14.5. The molecule has 4 aromatic rings. The summed E-state index contributed by atoms with van der Waals surface area (Å²) in [6.07, 6.45) is 5.63. The molecule has 194 valence electrons. The Hall–Kier alpha value is -2.86. The van der Waals surface area contributed by atoms with E-state index in [2.05, 4.69) is 38.7 Å². The molecule has 0 amide bonds. The van der Waals surface area contributed by atoms with Crippen molar-refractivity contribution in [2.24, 2.45) is 5.41 Å². The Balaban J connectivity index is 0.00000308. The van der Waals surface area contributed by atoms with Crippen LogP contribution in [-0.2, 0) is 15.4 Å².